The fraction of sp³-hybridized carbons (Fsp3) is 0.500. The first-order valence-corrected chi connectivity index (χ1v) is 7.48. The molecule has 0 bridgehead atoms. The van der Waals surface area contributed by atoms with Gasteiger partial charge in [-0.25, -0.2) is 0 Å². The van der Waals surface area contributed by atoms with Crippen molar-refractivity contribution in [3.05, 3.63) is 22.2 Å². The molecular formula is C14H22BrClN2O4. The summed E-state index contributed by atoms with van der Waals surface area (Å²) in [5.74, 6) is 0.448. The number of nitrogens with one attached hydrogen (secondary N) is 1. The van der Waals surface area contributed by atoms with E-state index in [0.29, 0.717) is 35.7 Å². The van der Waals surface area contributed by atoms with Crippen LogP contribution in [0.5, 0.6) is 11.5 Å². The molecule has 1 amide bonds. The minimum Gasteiger partial charge on any atom is -0.490 e. The molecule has 0 spiro atoms. The normalized spacial score (nSPS) is 11.5. The molecule has 0 heterocycles. The van der Waals surface area contributed by atoms with Crippen LogP contribution in [0.2, 0.25) is 0 Å². The highest BCUT2D eigenvalue weighted by Gasteiger charge is 2.13. The van der Waals surface area contributed by atoms with Crippen molar-refractivity contribution in [2.75, 3.05) is 19.8 Å². The second kappa shape index (κ2) is 10.7. The van der Waals surface area contributed by atoms with Crippen LogP contribution in [0.25, 0.3) is 0 Å². The molecule has 0 aliphatic carbocycles. The maximum Gasteiger partial charge on any atom is 0.255 e. The van der Waals surface area contributed by atoms with Gasteiger partial charge in [0.15, 0.2) is 18.1 Å². The van der Waals surface area contributed by atoms with E-state index in [0.717, 1.165) is 5.56 Å². The van der Waals surface area contributed by atoms with Crippen LogP contribution >= 0.6 is 28.3 Å². The Kier molecular flexibility index (Phi) is 10.2. The molecular weight excluding hydrogens is 376 g/mol. The monoisotopic (exact) mass is 396 g/mol. The molecule has 0 radical (unpaired) electrons. The van der Waals surface area contributed by atoms with E-state index in [9.17, 15) is 9.90 Å². The first kappa shape index (κ1) is 21.0. The Morgan fingerprint density at radius 1 is 1.45 bits per heavy atom. The van der Waals surface area contributed by atoms with Gasteiger partial charge in [-0.1, -0.05) is 0 Å². The predicted molar refractivity (Wildman–Crippen MR) is 90.6 cm³/mol. The van der Waals surface area contributed by atoms with Crippen molar-refractivity contribution < 1.29 is 19.4 Å². The molecule has 22 heavy (non-hydrogen) atoms. The molecule has 4 N–H and O–H groups in total. The average molecular weight is 398 g/mol. The van der Waals surface area contributed by atoms with Gasteiger partial charge in [0, 0.05) is 13.1 Å². The van der Waals surface area contributed by atoms with Crippen LogP contribution in [0, 0.1) is 0 Å². The number of hydrogen-bond donors (Lipinski definition) is 3. The van der Waals surface area contributed by atoms with Crippen molar-refractivity contribution in [1.82, 2.24) is 5.32 Å². The number of ether oxygens (including phenoxy) is 2. The lowest BCUT2D eigenvalue weighted by Gasteiger charge is -2.15. The van der Waals surface area contributed by atoms with Crippen molar-refractivity contribution in [3.8, 4) is 11.5 Å². The molecule has 0 aromatic heterocycles. The summed E-state index contributed by atoms with van der Waals surface area (Å²) in [5, 5.41) is 12.4. The number of nitrogens with two attached hydrogens (primary N) is 1. The summed E-state index contributed by atoms with van der Waals surface area (Å²) >= 11 is 3.40. The van der Waals surface area contributed by atoms with E-state index in [1.807, 2.05) is 19.1 Å². The third kappa shape index (κ3) is 7.31. The van der Waals surface area contributed by atoms with E-state index in [-0.39, 0.29) is 19.0 Å². The van der Waals surface area contributed by atoms with Crippen LogP contribution in [0.1, 0.15) is 19.4 Å². The Labute approximate surface area is 144 Å². The third-order valence-electron chi connectivity index (χ3n) is 2.50. The van der Waals surface area contributed by atoms with Crippen LogP contribution in [-0.4, -0.2) is 36.9 Å². The Bertz CT molecular complexity index is 486. The van der Waals surface area contributed by atoms with Gasteiger partial charge >= 0.3 is 0 Å². The quantitative estimate of drug-likeness (QED) is 0.588. The van der Waals surface area contributed by atoms with Crippen molar-refractivity contribution >= 4 is 34.2 Å². The zero-order valence-corrected chi connectivity index (χ0v) is 15.0. The van der Waals surface area contributed by atoms with E-state index in [4.69, 9.17) is 15.2 Å². The highest BCUT2D eigenvalue weighted by atomic mass is 79.9. The van der Waals surface area contributed by atoms with Crippen LogP contribution in [0.3, 0.4) is 0 Å². The summed E-state index contributed by atoms with van der Waals surface area (Å²) < 4.78 is 11.6. The zero-order chi connectivity index (χ0) is 15.8. The molecule has 1 atom stereocenters. The largest absolute Gasteiger partial charge is 0.490 e. The molecule has 0 aliphatic rings. The number of carbonyl (C=O) groups is 1. The standard InChI is InChI=1S/C14H21BrN2O4.ClH/c1-3-20-12-5-10(7-17-6-9(2)18)4-11(15)14(12)21-8-13(16)19;/h4-5,9,17-18H,3,6-8H2,1-2H3,(H2,16,19);1H. The van der Waals surface area contributed by atoms with Gasteiger partial charge in [0.05, 0.1) is 17.2 Å². The van der Waals surface area contributed by atoms with Gasteiger partial charge in [-0.05, 0) is 47.5 Å². The topological polar surface area (TPSA) is 93.8 Å². The average Bonchev–Trinajstić information content (AvgIpc) is 2.37. The molecule has 0 aliphatic heterocycles. The summed E-state index contributed by atoms with van der Waals surface area (Å²) in [6.07, 6.45) is -0.405. The number of aliphatic hydroxyl groups is 1. The van der Waals surface area contributed by atoms with Gasteiger partial charge in [-0.15, -0.1) is 12.4 Å². The number of rotatable bonds is 9. The number of aliphatic hydroxyl groups excluding tert-OH is 1. The molecule has 6 nitrogen and oxygen atoms in total. The molecule has 0 saturated carbocycles. The van der Waals surface area contributed by atoms with Crippen LogP contribution in [0.4, 0.5) is 0 Å². The lowest BCUT2D eigenvalue weighted by molar-refractivity contribution is -0.119. The summed E-state index contributed by atoms with van der Waals surface area (Å²) in [6, 6.07) is 3.70. The fourth-order valence-corrected chi connectivity index (χ4v) is 2.30. The Morgan fingerprint density at radius 2 is 2.14 bits per heavy atom. The lowest BCUT2D eigenvalue weighted by atomic mass is 10.2. The molecule has 8 heteroatoms. The molecule has 0 fully saturated rings. The van der Waals surface area contributed by atoms with Crippen LogP contribution in [-0.2, 0) is 11.3 Å². The first-order chi connectivity index (χ1) is 9.93. The number of benzene rings is 1. The van der Waals surface area contributed by atoms with Gasteiger partial charge < -0.3 is 25.6 Å². The van der Waals surface area contributed by atoms with Gasteiger partial charge in [0.25, 0.3) is 5.91 Å². The lowest BCUT2D eigenvalue weighted by Crippen LogP contribution is -2.24. The maximum absolute atomic E-state index is 10.8. The zero-order valence-electron chi connectivity index (χ0n) is 12.6. The minimum absolute atomic E-state index is 0. The van der Waals surface area contributed by atoms with E-state index in [2.05, 4.69) is 21.2 Å². The van der Waals surface area contributed by atoms with E-state index < -0.39 is 12.0 Å². The van der Waals surface area contributed by atoms with Gasteiger partial charge in [0.1, 0.15) is 0 Å². The second-order valence-corrected chi connectivity index (χ2v) is 5.43. The van der Waals surface area contributed by atoms with Crippen LogP contribution in [0.15, 0.2) is 16.6 Å². The van der Waals surface area contributed by atoms with Gasteiger partial charge in [-0.2, -0.15) is 0 Å². The van der Waals surface area contributed by atoms with Crippen molar-refractivity contribution in [3.63, 3.8) is 0 Å². The summed E-state index contributed by atoms with van der Waals surface area (Å²) in [6.45, 7) is 4.93. The van der Waals surface area contributed by atoms with E-state index in [1.165, 1.54) is 0 Å². The number of carbonyl (C=O) groups excluding carboxylic acids is 1. The first-order valence-electron chi connectivity index (χ1n) is 6.69. The highest BCUT2D eigenvalue weighted by Crippen LogP contribution is 2.36. The molecule has 0 saturated heterocycles. The Hall–Kier alpha value is -1.02. The summed E-state index contributed by atoms with van der Waals surface area (Å²) in [4.78, 5) is 10.8. The third-order valence-corrected chi connectivity index (χ3v) is 3.09. The van der Waals surface area contributed by atoms with Crippen molar-refractivity contribution in [2.45, 2.75) is 26.5 Å². The molecule has 1 aromatic rings. The molecule has 1 unspecified atom stereocenters. The van der Waals surface area contributed by atoms with Crippen molar-refractivity contribution in [2.24, 2.45) is 5.73 Å². The molecule has 1 rings (SSSR count). The Morgan fingerprint density at radius 3 is 2.68 bits per heavy atom. The molecule has 126 valence electrons. The SMILES string of the molecule is CCOc1cc(CNCC(C)O)cc(Br)c1OCC(N)=O.Cl. The predicted octanol–water partition coefficient (Wildman–Crippen LogP) is 1.60. The minimum atomic E-state index is -0.549. The van der Waals surface area contributed by atoms with Crippen molar-refractivity contribution in [1.29, 1.82) is 0 Å². The number of amides is 1. The number of primary amides is 1. The highest BCUT2D eigenvalue weighted by molar-refractivity contribution is 9.10. The van der Waals surface area contributed by atoms with Gasteiger partial charge in [-0.3, -0.25) is 4.79 Å². The number of halogens is 2. The molecule has 1 aromatic carbocycles. The van der Waals surface area contributed by atoms with E-state index >= 15 is 0 Å². The summed E-state index contributed by atoms with van der Waals surface area (Å²) in [5.41, 5.74) is 6.05. The van der Waals surface area contributed by atoms with Gasteiger partial charge in [0.2, 0.25) is 0 Å². The second-order valence-electron chi connectivity index (χ2n) is 4.57. The maximum atomic E-state index is 10.8. The van der Waals surface area contributed by atoms with Crippen LogP contribution < -0.4 is 20.5 Å². The smallest absolute Gasteiger partial charge is 0.255 e. The van der Waals surface area contributed by atoms with E-state index in [1.54, 1.807) is 6.92 Å². The fourth-order valence-electron chi connectivity index (χ4n) is 1.70. The number of hydrogen-bond acceptors (Lipinski definition) is 5. The summed E-state index contributed by atoms with van der Waals surface area (Å²) in [7, 11) is 0. The Balaban J connectivity index is 0.00000441.